The monoisotopic (exact) mass is 432 g/mol. The maximum atomic E-state index is 12.9. The molecule has 0 fully saturated rings. The van der Waals surface area contributed by atoms with Gasteiger partial charge in [-0.3, -0.25) is 4.79 Å². The van der Waals surface area contributed by atoms with Gasteiger partial charge in [0, 0.05) is 41.1 Å². The molecule has 0 saturated carbocycles. The zero-order chi connectivity index (χ0) is 23.7. The molecule has 0 saturated heterocycles. The Balaban J connectivity index is 1.90. The molecule has 0 aliphatic heterocycles. The summed E-state index contributed by atoms with van der Waals surface area (Å²) in [5.74, 6) is -0.325. The average molecular weight is 433 g/mol. The smallest absolute Gasteiger partial charge is 0.200 e. The fraction of sp³-hybridized carbons (Fsp3) is 0.429. The molecular formula is C28H36N2O2. The van der Waals surface area contributed by atoms with Crippen molar-refractivity contribution >= 4 is 22.8 Å². The maximum absolute atomic E-state index is 12.9. The molecule has 2 aliphatic rings. The van der Waals surface area contributed by atoms with E-state index in [1.54, 1.807) is 0 Å². The lowest BCUT2D eigenvalue weighted by Gasteiger charge is -2.34. The Morgan fingerprint density at radius 3 is 1.66 bits per heavy atom. The van der Waals surface area contributed by atoms with Gasteiger partial charge in [-0.15, -0.1) is 0 Å². The molecule has 32 heavy (non-hydrogen) atoms. The maximum Gasteiger partial charge on any atom is 0.200 e. The number of anilines is 1. The predicted molar refractivity (Wildman–Crippen MR) is 132 cm³/mol. The highest BCUT2D eigenvalue weighted by atomic mass is 16.3. The summed E-state index contributed by atoms with van der Waals surface area (Å²) in [7, 11) is 0. The van der Waals surface area contributed by atoms with Crippen molar-refractivity contribution in [2.75, 3.05) is 4.90 Å². The summed E-state index contributed by atoms with van der Waals surface area (Å²) in [5.41, 5.74) is 4.17. The van der Waals surface area contributed by atoms with E-state index in [1.807, 2.05) is 48.6 Å². The first-order chi connectivity index (χ1) is 15.0. The Hall–Kier alpha value is -2.88. The molecular weight excluding hydrogens is 396 g/mol. The number of Topliss-reactive ketones (excluding diaryl/α,β-unsaturated/α-hetero) is 1. The SMILES string of the molecule is CC(C)N(c1ccc(C2=C([O-])C(=C3C=CC(=[N+](C(C)C)C(C)C)C=C3)C2=O)cc1)C(C)C. The van der Waals surface area contributed by atoms with Crippen LogP contribution in [-0.2, 0) is 4.79 Å². The highest BCUT2D eigenvalue weighted by Crippen LogP contribution is 2.38. The van der Waals surface area contributed by atoms with Crippen LogP contribution in [0.3, 0.4) is 0 Å². The first kappa shape index (κ1) is 23.8. The molecule has 0 N–H and O–H groups in total. The minimum atomic E-state index is -0.162. The van der Waals surface area contributed by atoms with Gasteiger partial charge in [0.25, 0.3) is 0 Å². The number of hydrogen-bond donors (Lipinski definition) is 0. The summed E-state index contributed by atoms with van der Waals surface area (Å²) < 4.78 is 2.32. The summed E-state index contributed by atoms with van der Waals surface area (Å²) in [6.07, 6.45) is 7.78. The zero-order valence-corrected chi connectivity index (χ0v) is 20.6. The molecule has 4 nitrogen and oxygen atoms in total. The number of hydrogen-bond acceptors (Lipinski definition) is 3. The number of carbonyl (C=O) groups is 1. The van der Waals surface area contributed by atoms with E-state index in [4.69, 9.17) is 0 Å². The zero-order valence-electron chi connectivity index (χ0n) is 20.6. The van der Waals surface area contributed by atoms with Crippen LogP contribution in [0.5, 0.6) is 0 Å². The Kier molecular flexibility index (Phi) is 6.92. The van der Waals surface area contributed by atoms with Gasteiger partial charge in [0.1, 0.15) is 12.1 Å². The fourth-order valence-electron chi connectivity index (χ4n) is 4.90. The largest absolute Gasteiger partial charge is 0.871 e. The van der Waals surface area contributed by atoms with Gasteiger partial charge in [0.2, 0.25) is 0 Å². The molecule has 4 heteroatoms. The van der Waals surface area contributed by atoms with Gasteiger partial charge in [-0.25, -0.2) is 4.58 Å². The minimum absolute atomic E-state index is 0.162. The first-order valence-corrected chi connectivity index (χ1v) is 11.6. The van der Waals surface area contributed by atoms with E-state index < -0.39 is 0 Å². The van der Waals surface area contributed by atoms with E-state index in [2.05, 4.69) is 64.9 Å². The number of allylic oxidation sites excluding steroid dienone is 7. The van der Waals surface area contributed by atoms with Crippen molar-refractivity contribution in [3.05, 3.63) is 71.0 Å². The van der Waals surface area contributed by atoms with Crippen molar-refractivity contribution in [1.82, 2.24) is 0 Å². The molecule has 0 heterocycles. The third kappa shape index (κ3) is 4.36. The molecule has 0 aromatic heterocycles. The number of ketones is 1. The number of carbonyl (C=O) groups excluding carboxylic acids is 1. The van der Waals surface area contributed by atoms with E-state index in [9.17, 15) is 9.90 Å². The van der Waals surface area contributed by atoms with Crippen molar-refractivity contribution in [3.8, 4) is 0 Å². The van der Waals surface area contributed by atoms with Crippen molar-refractivity contribution < 1.29 is 14.5 Å². The van der Waals surface area contributed by atoms with E-state index in [1.165, 1.54) is 0 Å². The summed E-state index contributed by atoms with van der Waals surface area (Å²) in [6.45, 7) is 17.3. The summed E-state index contributed by atoms with van der Waals surface area (Å²) in [4.78, 5) is 15.2. The molecule has 0 unspecified atom stereocenters. The van der Waals surface area contributed by atoms with Crippen molar-refractivity contribution in [2.24, 2.45) is 0 Å². The molecule has 170 valence electrons. The van der Waals surface area contributed by atoms with E-state index in [0.29, 0.717) is 46.5 Å². The summed E-state index contributed by atoms with van der Waals surface area (Å²) in [6, 6.07) is 9.25. The average Bonchev–Trinajstić information content (AvgIpc) is 2.70. The second-order valence-corrected chi connectivity index (χ2v) is 9.69. The second-order valence-electron chi connectivity index (χ2n) is 9.69. The molecule has 1 aromatic carbocycles. The van der Waals surface area contributed by atoms with Gasteiger partial charge in [0.05, 0.1) is 0 Å². The highest BCUT2D eigenvalue weighted by molar-refractivity contribution is 6.39. The van der Waals surface area contributed by atoms with Gasteiger partial charge in [0.15, 0.2) is 11.5 Å². The van der Waals surface area contributed by atoms with Crippen LogP contribution in [0.4, 0.5) is 5.69 Å². The molecule has 0 radical (unpaired) electrons. The van der Waals surface area contributed by atoms with E-state index in [0.717, 1.165) is 11.4 Å². The lowest BCUT2D eigenvalue weighted by atomic mass is 9.80. The highest BCUT2D eigenvalue weighted by Gasteiger charge is 2.31. The quantitative estimate of drug-likeness (QED) is 0.485. The summed E-state index contributed by atoms with van der Waals surface area (Å²) >= 11 is 0. The Morgan fingerprint density at radius 1 is 0.750 bits per heavy atom. The standard InChI is InChI=1S/C28H36N2O2/c1-17(2)29(18(3)4)23-13-9-21(10-14-23)25-27(31)26(28(25)32)22-11-15-24(16-12-22)30(19(5)6)20(7)8/h9-20H,1-8H3. The van der Waals surface area contributed by atoms with Crippen molar-refractivity contribution in [1.29, 1.82) is 0 Å². The molecule has 0 bridgehead atoms. The van der Waals surface area contributed by atoms with Crippen LogP contribution < -0.4 is 10.0 Å². The van der Waals surface area contributed by atoms with Crippen LogP contribution in [-0.4, -0.2) is 40.2 Å². The fourth-order valence-corrected chi connectivity index (χ4v) is 4.90. The lowest BCUT2D eigenvalue weighted by molar-refractivity contribution is -0.586. The topological polar surface area (TPSA) is 46.4 Å². The number of nitrogens with zero attached hydrogens (tertiary/aromatic N) is 2. The van der Waals surface area contributed by atoms with E-state index in [-0.39, 0.29) is 11.5 Å². The Morgan fingerprint density at radius 2 is 1.25 bits per heavy atom. The van der Waals surface area contributed by atoms with Crippen LogP contribution in [0, 0.1) is 0 Å². The van der Waals surface area contributed by atoms with Crippen LogP contribution >= 0.6 is 0 Å². The molecule has 0 atom stereocenters. The number of benzene rings is 1. The molecule has 0 spiro atoms. The lowest BCUT2D eigenvalue weighted by Crippen LogP contribution is -2.37. The second kappa shape index (κ2) is 9.32. The van der Waals surface area contributed by atoms with Gasteiger partial charge in [-0.2, -0.15) is 0 Å². The van der Waals surface area contributed by atoms with Crippen LogP contribution in [0.15, 0.2) is 65.5 Å². The predicted octanol–water partition coefficient (Wildman–Crippen LogP) is 4.66. The minimum Gasteiger partial charge on any atom is -0.871 e. The molecule has 1 aromatic rings. The van der Waals surface area contributed by atoms with Gasteiger partial charge in [-0.1, -0.05) is 17.9 Å². The molecule has 2 aliphatic carbocycles. The van der Waals surface area contributed by atoms with E-state index >= 15 is 0 Å². The van der Waals surface area contributed by atoms with Crippen molar-refractivity contribution in [2.45, 2.75) is 79.6 Å². The third-order valence-electron chi connectivity index (χ3n) is 6.04. The van der Waals surface area contributed by atoms with Gasteiger partial charge < -0.3 is 10.0 Å². The molecule has 3 rings (SSSR count). The van der Waals surface area contributed by atoms with Gasteiger partial charge in [-0.05, 0) is 90.8 Å². The van der Waals surface area contributed by atoms with Gasteiger partial charge >= 0.3 is 0 Å². The van der Waals surface area contributed by atoms with Crippen LogP contribution in [0.1, 0.15) is 61.0 Å². The molecule has 0 amide bonds. The Labute approximate surface area is 193 Å². The van der Waals surface area contributed by atoms with Crippen LogP contribution in [0.2, 0.25) is 0 Å². The number of rotatable bonds is 6. The normalized spacial score (nSPS) is 16.2. The Bertz CT molecular complexity index is 1010. The van der Waals surface area contributed by atoms with Crippen molar-refractivity contribution in [3.63, 3.8) is 0 Å². The van der Waals surface area contributed by atoms with Crippen LogP contribution in [0.25, 0.3) is 5.57 Å². The first-order valence-electron chi connectivity index (χ1n) is 11.6. The third-order valence-corrected chi connectivity index (χ3v) is 6.04. The summed E-state index contributed by atoms with van der Waals surface area (Å²) in [5, 5.41) is 12.9.